The number of amides is 1. The van der Waals surface area contributed by atoms with Crippen molar-refractivity contribution in [3.8, 4) is 11.5 Å². The fourth-order valence-corrected chi connectivity index (χ4v) is 4.55. The van der Waals surface area contributed by atoms with E-state index < -0.39 is 0 Å². The second-order valence-corrected chi connectivity index (χ2v) is 7.97. The monoisotopic (exact) mass is 356 g/mol. The first-order valence-corrected chi connectivity index (χ1v) is 10.1. The quantitative estimate of drug-likeness (QED) is 0.747. The number of hydrogen-bond donors (Lipinski definition) is 0. The molecule has 0 aliphatic heterocycles. The molecule has 2 aromatic heterocycles. The first-order valence-electron chi connectivity index (χ1n) is 10.1. The predicted molar refractivity (Wildman–Crippen MR) is 98.7 cm³/mol. The number of carbonyl (C=O) groups is 1. The predicted octanol–water partition coefficient (Wildman–Crippen LogP) is 5.29. The van der Waals surface area contributed by atoms with Crippen LogP contribution in [0.2, 0.25) is 0 Å². The van der Waals surface area contributed by atoms with E-state index in [4.69, 9.17) is 8.94 Å². The van der Waals surface area contributed by atoms with Crippen LogP contribution in [0, 0.1) is 5.92 Å². The van der Waals surface area contributed by atoms with E-state index in [1.54, 1.807) is 18.4 Å². The Morgan fingerprint density at radius 2 is 1.77 bits per heavy atom. The fourth-order valence-electron chi connectivity index (χ4n) is 4.55. The molecule has 1 amide bonds. The van der Waals surface area contributed by atoms with Crippen LogP contribution in [0.5, 0.6) is 0 Å². The van der Waals surface area contributed by atoms with Crippen LogP contribution in [0.15, 0.2) is 33.4 Å². The highest BCUT2D eigenvalue weighted by molar-refractivity contribution is 5.93. The summed E-state index contributed by atoms with van der Waals surface area (Å²) in [6, 6.07) is 6.03. The van der Waals surface area contributed by atoms with Gasteiger partial charge in [0.2, 0.25) is 5.76 Å². The average Bonchev–Trinajstić information content (AvgIpc) is 3.36. The molecule has 0 bridgehead atoms. The molecule has 2 aromatic rings. The summed E-state index contributed by atoms with van der Waals surface area (Å²) < 4.78 is 10.7. The smallest absolute Gasteiger partial charge is 0.276 e. The number of hydrogen-bond acceptors (Lipinski definition) is 4. The van der Waals surface area contributed by atoms with E-state index in [0.29, 0.717) is 29.3 Å². The van der Waals surface area contributed by atoms with Crippen LogP contribution in [0.4, 0.5) is 0 Å². The maximum absolute atomic E-state index is 13.4. The van der Waals surface area contributed by atoms with Crippen molar-refractivity contribution < 1.29 is 13.7 Å². The number of aromatic nitrogens is 1. The molecular formula is C21H28N2O3. The van der Waals surface area contributed by atoms with Gasteiger partial charge in [-0.15, -0.1) is 0 Å². The van der Waals surface area contributed by atoms with Crippen molar-refractivity contribution in [2.75, 3.05) is 0 Å². The van der Waals surface area contributed by atoms with Gasteiger partial charge in [-0.2, -0.15) is 0 Å². The molecule has 0 spiro atoms. The van der Waals surface area contributed by atoms with Gasteiger partial charge in [0.05, 0.1) is 6.26 Å². The fraction of sp³-hybridized carbons (Fsp3) is 0.619. The third-order valence-electron chi connectivity index (χ3n) is 6.07. The Morgan fingerprint density at radius 1 is 1.04 bits per heavy atom. The van der Waals surface area contributed by atoms with Gasteiger partial charge in [-0.3, -0.25) is 4.79 Å². The van der Waals surface area contributed by atoms with Crippen LogP contribution in [0.25, 0.3) is 11.5 Å². The van der Waals surface area contributed by atoms with Gasteiger partial charge in [0.25, 0.3) is 5.91 Å². The zero-order valence-electron chi connectivity index (χ0n) is 15.5. The summed E-state index contributed by atoms with van der Waals surface area (Å²) in [7, 11) is 0. The van der Waals surface area contributed by atoms with Crippen molar-refractivity contribution in [1.82, 2.24) is 10.1 Å². The Morgan fingerprint density at radius 3 is 2.46 bits per heavy atom. The molecule has 5 heteroatoms. The minimum atomic E-state index is 0.0259. The molecule has 26 heavy (non-hydrogen) atoms. The molecule has 0 aromatic carbocycles. The van der Waals surface area contributed by atoms with Gasteiger partial charge in [0.1, 0.15) is 0 Å². The largest absolute Gasteiger partial charge is 0.461 e. The number of furan rings is 1. The third-order valence-corrected chi connectivity index (χ3v) is 6.07. The topological polar surface area (TPSA) is 59.5 Å². The van der Waals surface area contributed by atoms with E-state index in [-0.39, 0.29) is 5.91 Å². The molecule has 2 fully saturated rings. The minimum absolute atomic E-state index is 0.0259. The van der Waals surface area contributed by atoms with Gasteiger partial charge < -0.3 is 13.8 Å². The van der Waals surface area contributed by atoms with Gasteiger partial charge in [-0.25, -0.2) is 0 Å². The van der Waals surface area contributed by atoms with Crippen molar-refractivity contribution >= 4 is 5.91 Å². The van der Waals surface area contributed by atoms with Crippen LogP contribution in [0.1, 0.15) is 75.2 Å². The SMILES string of the molecule is CC1CCC(N(C(=O)c2cc(-c3ccco3)on2)C2CCCCC2)CC1. The van der Waals surface area contributed by atoms with E-state index in [1.807, 2.05) is 6.07 Å². The molecule has 2 aliphatic rings. The second kappa shape index (κ2) is 7.68. The van der Waals surface area contributed by atoms with Crippen LogP contribution in [0.3, 0.4) is 0 Å². The zero-order valence-corrected chi connectivity index (χ0v) is 15.5. The molecule has 0 atom stereocenters. The van der Waals surface area contributed by atoms with Crippen molar-refractivity contribution in [3.63, 3.8) is 0 Å². The molecule has 2 aliphatic carbocycles. The van der Waals surface area contributed by atoms with Gasteiger partial charge in [0, 0.05) is 18.2 Å². The maximum Gasteiger partial charge on any atom is 0.276 e. The number of nitrogens with zero attached hydrogens (tertiary/aromatic N) is 2. The highest BCUT2D eigenvalue weighted by Crippen LogP contribution is 2.33. The molecule has 0 unspecified atom stereocenters. The molecule has 2 saturated carbocycles. The highest BCUT2D eigenvalue weighted by atomic mass is 16.5. The lowest BCUT2D eigenvalue weighted by Crippen LogP contribution is -2.49. The lowest BCUT2D eigenvalue weighted by molar-refractivity contribution is 0.0412. The molecule has 5 nitrogen and oxygen atoms in total. The van der Waals surface area contributed by atoms with Crippen molar-refractivity contribution in [2.24, 2.45) is 5.92 Å². The number of rotatable bonds is 4. The molecule has 0 radical (unpaired) electrons. The van der Waals surface area contributed by atoms with E-state index in [9.17, 15) is 4.79 Å². The van der Waals surface area contributed by atoms with Crippen LogP contribution >= 0.6 is 0 Å². The third kappa shape index (κ3) is 3.57. The summed E-state index contributed by atoms with van der Waals surface area (Å²) >= 11 is 0. The van der Waals surface area contributed by atoms with E-state index in [2.05, 4.69) is 17.0 Å². The first-order chi connectivity index (χ1) is 12.7. The lowest BCUT2D eigenvalue weighted by Gasteiger charge is -2.42. The van der Waals surface area contributed by atoms with Gasteiger partial charge in [-0.05, 0) is 56.6 Å². The summed E-state index contributed by atoms with van der Waals surface area (Å²) in [4.78, 5) is 15.5. The lowest BCUT2D eigenvalue weighted by atomic mass is 9.84. The van der Waals surface area contributed by atoms with Gasteiger partial charge in [-0.1, -0.05) is 31.3 Å². The highest BCUT2D eigenvalue weighted by Gasteiger charge is 2.35. The molecule has 4 rings (SSSR count). The summed E-state index contributed by atoms with van der Waals surface area (Å²) in [5.41, 5.74) is 0.403. The van der Waals surface area contributed by atoms with Crippen LogP contribution < -0.4 is 0 Å². The summed E-state index contributed by atoms with van der Waals surface area (Å²) in [5, 5.41) is 4.07. The van der Waals surface area contributed by atoms with Crippen molar-refractivity contribution in [3.05, 3.63) is 30.2 Å². The molecule has 140 valence electrons. The summed E-state index contributed by atoms with van der Waals surface area (Å²) in [6.07, 6.45) is 12.2. The summed E-state index contributed by atoms with van der Waals surface area (Å²) in [6.45, 7) is 2.32. The Balaban J connectivity index is 1.57. The second-order valence-electron chi connectivity index (χ2n) is 7.97. The molecule has 0 N–H and O–H groups in total. The average molecular weight is 356 g/mol. The Hall–Kier alpha value is -2.04. The van der Waals surface area contributed by atoms with E-state index >= 15 is 0 Å². The molecule has 0 saturated heterocycles. The molecule has 2 heterocycles. The summed E-state index contributed by atoms with van der Waals surface area (Å²) in [5.74, 6) is 1.91. The van der Waals surface area contributed by atoms with Crippen LogP contribution in [-0.4, -0.2) is 28.0 Å². The van der Waals surface area contributed by atoms with E-state index in [0.717, 1.165) is 31.6 Å². The Kier molecular flexibility index (Phi) is 5.14. The Labute approximate surface area is 154 Å². The zero-order chi connectivity index (χ0) is 17.9. The minimum Gasteiger partial charge on any atom is -0.461 e. The van der Waals surface area contributed by atoms with Gasteiger partial charge >= 0.3 is 0 Å². The Bertz CT molecular complexity index is 707. The first kappa shape index (κ1) is 17.4. The normalized spacial score (nSPS) is 24.5. The number of carbonyl (C=O) groups excluding carboxylic acids is 1. The van der Waals surface area contributed by atoms with Crippen molar-refractivity contribution in [2.45, 2.75) is 76.8 Å². The van der Waals surface area contributed by atoms with Crippen molar-refractivity contribution in [1.29, 1.82) is 0 Å². The maximum atomic E-state index is 13.4. The van der Waals surface area contributed by atoms with E-state index in [1.165, 1.54) is 32.1 Å². The van der Waals surface area contributed by atoms with Crippen LogP contribution in [-0.2, 0) is 0 Å². The molecular weight excluding hydrogens is 328 g/mol. The standard InChI is InChI=1S/C21H28N2O3/c1-15-9-11-17(12-10-15)23(16-6-3-2-4-7-16)21(24)18-14-20(26-22-18)19-8-5-13-25-19/h5,8,13-17H,2-4,6-7,9-12H2,1H3. The van der Waals surface area contributed by atoms with Gasteiger partial charge in [0.15, 0.2) is 11.5 Å².